The molecule has 2 aliphatic heterocycles. The predicted octanol–water partition coefficient (Wildman–Crippen LogP) is 3.27. The lowest BCUT2D eigenvalue weighted by atomic mass is 10.0. The number of amides is 1. The molecule has 1 atom stereocenters. The number of ether oxygens (including phenoxy) is 2. The number of nitrogens with two attached hydrogens (primary N) is 1. The van der Waals surface area contributed by atoms with Gasteiger partial charge < -0.3 is 25.4 Å². The van der Waals surface area contributed by atoms with Crippen molar-refractivity contribution >= 4 is 34.9 Å². The van der Waals surface area contributed by atoms with Crippen LogP contribution in [0.15, 0.2) is 76.7 Å². The highest BCUT2D eigenvalue weighted by molar-refractivity contribution is 6.19. The summed E-state index contributed by atoms with van der Waals surface area (Å²) in [6.45, 7) is 2.58. The third-order valence-electron chi connectivity index (χ3n) is 6.89. The van der Waals surface area contributed by atoms with Crippen LogP contribution in [0.3, 0.4) is 0 Å². The molecular formula is C29H29N7O3. The number of nitrogens with zero attached hydrogens (tertiary/aromatic N) is 4. The number of amidine groups is 1. The van der Waals surface area contributed by atoms with E-state index in [1.807, 2.05) is 66.7 Å². The molecule has 0 unspecified atom stereocenters. The smallest absolute Gasteiger partial charge is 0.291 e. The van der Waals surface area contributed by atoms with Gasteiger partial charge in [0.05, 0.1) is 30.3 Å². The summed E-state index contributed by atoms with van der Waals surface area (Å²) in [5, 5.41) is 11.6. The van der Waals surface area contributed by atoms with E-state index in [0.717, 1.165) is 35.3 Å². The van der Waals surface area contributed by atoms with Crippen LogP contribution in [0.1, 0.15) is 41.3 Å². The van der Waals surface area contributed by atoms with Crippen molar-refractivity contribution in [2.24, 2.45) is 15.7 Å². The molecule has 1 saturated heterocycles. The first-order valence-corrected chi connectivity index (χ1v) is 13.0. The van der Waals surface area contributed by atoms with Crippen LogP contribution in [-0.2, 0) is 14.3 Å². The van der Waals surface area contributed by atoms with Crippen LogP contribution in [0.4, 0.5) is 11.4 Å². The Balaban J connectivity index is 1.30. The molecule has 4 N–H and O–H groups in total. The topological polar surface area (TPSA) is 138 Å². The van der Waals surface area contributed by atoms with Crippen molar-refractivity contribution in [1.29, 1.82) is 5.41 Å². The summed E-state index contributed by atoms with van der Waals surface area (Å²) in [6.07, 6.45) is 0.967. The molecule has 3 aromatic rings. The van der Waals surface area contributed by atoms with Gasteiger partial charge in [0.1, 0.15) is 5.69 Å². The second-order valence-electron chi connectivity index (χ2n) is 9.63. The molecule has 39 heavy (non-hydrogen) atoms. The van der Waals surface area contributed by atoms with Gasteiger partial charge in [-0.25, -0.2) is 9.98 Å². The fraction of sp³-hybridized carbons (Fsp3) is 0.276. The summed E-state index contributed by atoms with van der Waals surface area (Å²) >= 11 is 0. The summed E-state index contributed by atoms with van der Waals surface area (Å²) in [6, 6.07) is 20.7. The monoisotopic (exact) mass is 523 g/mol. The van der Waals surface area contributed by atoms with E-state index in [-0.39, 0.29) is 11.9 Å². The van der Waals surface area contributed by atoms with E-state index in [4.69, 9.17) is 25.6 Å². The van der Waals surface area contributed by atoms with Crippen molar-refractivity contribution < 1.29 is 14.3 Å². The number of nitrogens with one attached hydrogen (secondary N) is 2. The minimum absolute atomic E-state index is 0.232. The molecule has 1 amide bonds. The lowest BCUT2D eigenvalue weighted by Crippen LogP contribution is -2.37. The van der Waals surface area contributed by atoms with Gasteiger partial charge in [0.25, 0.3) is 11.9 Å². The average Bonchev–Trinajstić information content (AvgIpc) is 3.83. The molecule has 6 rings (SSSR count). The standard InChI is InChI=1S/C29H29N7O3/c30-26(25-23(36-14-16-38-17-15-36)13-12-21(32-25)18-10-11-18)39-29(31)35-27-28(37)33-22-9-5-4-8-20(22)24(34-27)19-6-2-1-3-7-19/h1-9,12-13,18,27,30H,10-11,14-17H2,(H2,31,35)(H,33,37)/t27-/m1/s1. The number of morpholine rings is 1. The Hall–Kier alpha value is -4.57. The number of benzene rings is 2. The molecule has 10 nitrogen and oxygen atoms in total. The molecule has 198 valence electrons. The normalized spacial score (nSPS) is 19.4. The zero-order valence-electron chi connectivity index (χ0n) is 21.3. The molecule has 0 bridgehead atoms. The number of hydrogen-bond acceptors (Lipinski definition) is 8. The van der Waals surface area contributed by atoms with Crippen molar-refractivity contribution in [2.75, 3.05) is 36.5 Å². The van der Waals surface area contributed by atoms with Crippen molar-refractivity contribution in [1.82, 2.24) is 4.98 Å². The fourth-order valence-corrected chi connectivity index (χ4v) is 4.76. The van der Waals surface area contributed by atoms with E-state index < -0.39 is 12.1 Å². The minimum Gasteiger partial charge on any atom is -0.405 e. The molecule has 3 heterocycles. The quantitative estimate of drug-likeness (QED) is 0.347. The molecule has 1 aromatic heterocycles. The Labute approximate surface area is 226 Å². The minimum atomic E-state index is -1.20. The number of carbonyl (C=O) groups is 1. The summed E-state index contributed by atoms with van der Waals surface area (Å²) in [7, 11) is 0. The molecular weight excluding hydrogens is 494 g/mol. The first kappa shape index (κ1) is 24.7. The second kappa shape index (κ2) is 10.7. The maximum atomic E-state index is 13.1. The van der Waals surface area contributed by atoms with Crippen molar-refractivity contribution in [2.45, 2.75) is 24.9 Å². The number of aliphatic imine (C=N–C) groups is 2. The zero-order valence-corrected chi connectivity index (χ0v) is 21.3. The lowest BCUT2D eigenvalue weighted by molar-refractivity contribution is -0.117. The fourth-order valence-electron chi connectivity index (χ4n) is 4.76. The summed E-state index contributed by atoms with van der Waals surface area (Å²) in [5.41, 5.74) is 11.1. The number of rotatable bonds is 5. The third-order valence-corrected chi connectivity index (χ3v) is 6.89. The number of hydrogen-bond donors (Lipinski definition) is 3. The van der Waals surface area contributed by atoms with Crippen LogP contribution in [0, 0.1) is 5.41 Å². The van der Waals surface area contributed by atoms with E-state index >= 15 is 0 Å². The van der Waals surface area contributed by atoms with Crippen molar-refractivity contribution in [3.8, 4) is 0 Å². The van der Waals surface area contributed by atoms with E-state index in [9.17, 15) is 4.79 Å². The van der Waals surface area contributed by atoms with Crippen LogP contribution in [0.25, 0.3) is 0 Å². The number of aromatic nitrogens is 1. The van der Waals surface area contributed by atoms with E-state index in [0.29, 0.717) is 49.3 Å². The van der Waals surface area contributed by atoms with Gasteiger partial charge in [-0.3, -0.25) is 10.2 Å². The van der Waals surface area contributed by atoms with Gasteiger partial charge in [-0.1, -0.05) is 48.5 Å². The maximum absolute atomic E-state index is 13.1. The number of para-hydroxylation sites is 1. The van der Waals surface area contributed by atoms with Gasteiger partial charge in [-0.2, -0.15) is 4.99 Å². The number of benzodiazepines with no additional fused rings is 1. The van der Waals surface area contributed by atoms with Crippen LogP contribution in [-0.4, -0.2) is 61.0 Å². The van der Waals surface area contributed by atoms with Gasteiger partial charge in [0, 0.05) is 35.8 Å². The highest BCUT2D eigenvalue weighted by atomic mass is 16.5. The van der Waals surface area contributed by atoms with Crippen LogP contribution >= 0.6 is 0 Å². The zero-order chi connectivity index (χ0) is 26.8. The van der Waals surface area contributed by atoms with E-state index in [2.05, 4.69) is 20.2 Å². The van der Waals surface area contributed by atoms with E-state index in [1.54, 1.807) is 0 Å². The van der Waals surface area contributed by atoms with Gasteiger partial charge in [0.15, 0.2) is 0 Å². The number of pyridine rings is 1. The summed E-state index contributed by atoms with van der Waals surface area (Å²) in [4.78, 5) is 29.0. The third kappa shape index (κ3) is 5.37. The van der Waals surface area contributed by atoms with Crippen LogP contribution < -0.4 is 16.0 Å². The largest absolute Gasteiger partial charge is 0.405 e. The molecule has 3 aliphatic rings. The highest BCUT2D eigenvalue weighted by Gasteiger charge is 2.29. The van der Waals surface area contributed by atoms with E-state index in [1.165, 1.54) is 0 Å². The molecule has 10 heteroatoms. The highest BCUT2D eigenvalue weighted by Crippen LogP contribution is 2.40. The molecule has 1 aliphatic carbocycles. The van der Waals surface area contributed by atoms with Gasteiger partial charge in [-0.05, 0) is 31.0 Å². The average molecular weight is 524 g/mol. The van der Waals surface area contributed by atoms with Gasteiger partial charge in [-0.15, -0.1) is 0 Å². The first-order valence-electron chi connectivity index (χ1n) is 13.0. The lowest BCUT2D eigenvalue weighted by Gasteiger charge is -2.30. The SMILES string of the molecule is N=C(OC(N)=N[C@H]1N=C(c2ccccc2)c2ccccc2NC1=O)c1nc(C2CC2)ccc1N1CCOCC1. The maximum Gasteiger partial charge on any atom is 0.291 e. The Bertz CT molecular complexity index is 1460. The molecule has 1 saturated carbocycles. The molecule has 2 fully saturated rings. The second-order valence-corrected chi connectivity index (χ2v) is 9.63. The Kier molecular flexibility index (Phi) is 6.76. The van der Waals surface area contributed by atoms with Crippen LogP contribution in [0.5, 0.6) is 0 Å². The molecule has 0 spiro atoms. The Morgan fingerprint density at radius 1 is 1.05 bits per heavy atom. The molecule has 2 aromatic carbocycles. The van der Waals surface area contributed by atoms with Crippen LogP contribution in [0.2, 0.25) is 0 Å². The summed E-state index contributed by atoms with van der Waals surface area (Å²) < 4.78 is 11.2. The van der Waals surface area contributed by atoms with Gasteiger partial charge in [0.2, 0.25) is 12.1 Å². The Morgan fingerprint density at radius 2 is 1.79 bits per heavy atom. The first-order chi connectivity index (χ1) is 19.1. The predicted molar refractivity (Wildman–Crippen MR) is 150 cm³/mol. The van der Waals surface area contributed by atoms with Crippen molar-refractivity contribution in [3.63, 3.8) is 0 Å². The van der Waals surface area contributed by atoms with Crippen molar-refractivity contribution in [3.05, 3.63) is 89.2 Å². The number of fused-ring (bicyclic) bond motifs is 1. The molecule has 0 radical (unpaired) electrons. The Morgan fingerprint density at radius 3 is 2.56 bits per heavy atom. The van der Waals surface area contributed by atoms with Gasteiger partial charge >= 0.3 is 0 Å². The summed E-state index contributed by atoms with van der Waals surface area (Å²) in [5.74, 6) is -0.275. The number of carbonyl (C=O) groups excluding carboxylic acids is 1. The number of anilines is 2.